The fraction of sp³-hybridized carbons (Fsp3) is 0.500. The molecule has 0 unspecified atom stereocenters. The molecule has 1 aromatic rings. The number of nitrogens with one attached hydrogen (secondary N) is 1. The van der Waals surface area contributed by atoms with Crippen LogP contribution < -0.4 is 16.8 Å². The van der Waals surface area contributed by atoms with E-state index in [1.807, 2.05) is 6.07 Å². The molecule has 0 aliphatic carbocycles. The van der Waals surface area contributed by atoms with E-state index in [1.165, 1.54) is 31.4 Å². The first-order chi connectivity index (χ1) is 12.5. The summed E-state index contributed by atoms with van der Waals surface area (Å²) in [6.45, 7) is 2.39. The van der Waals surface area contributed by atoms with Gasteiger partial charge in [-0.2, -0.15) is 5.26 Å². The van der Waals surface area contributed by atoms with Gasteiger partial charge in [0.1, 0.15) is 12.7 Å². The van der Waals surface area contributed by atoms with Crippen molar-refractivity contribution in [3.63, 3.8) is 0 Å². The number of nitrogens with zero attached hydrogens (tertiary/aromatic N) is 2. The van der Waals surface area contributed by atoms with Crippen LogP contribution in [0, 0.1) is 17.1 Å². The maximum atomic E-state index is 14.6. The molecule has 142 valence electrons. The van der Waals surface area contributed by atoms with Crippen LogP contribution in [0.5, 0.6) is 0 Å². The molecule has 8 heteroatoms. The second-order valence-electron chi connectivity index (χ2n) is 5.86. The standard InChI is InChI=1S/C18H26FN5O2/c1-2-3-4-5-6-7-10-23-16-13(11-20)8-9-14(15(16)19)12-26-18(25)24-17(21)22/h8-9,23H,2-7,10,12H2,1H3,(H4,21,22,24,25). The van der Waals surface area contributed by atoms with Crippen LogP contribution in [-0.2, 0) is 11.3 Å². The van der Waals surface area contributed by atoms with Crippen LogP contribution in [0.4, 0.5) is 14.9 Å². The topological polar surface area (TPSA) is 127 Å². The highest BCUT2D eigenvalue weighted by atomic mass is 19.1. The van der Waals surface area contributed by atoms with Gasteiger partial charge in [-0.1, -0.05) is 45.1 Å². The molecule has 5 N–H and O–H groups in total. The first-order valence-corrected chi connectivity index (χ1v) is 8.71. The van der Waals surface area contributed by atoms with Crippen molar-refractivity contribution >= 4 is 17.7 Å². The molecule has 0 aliphatic rings. The number of carbonyl (C=O) groups excluding carboxylic acids is 1. The molecule has 7 nitrogen and oxygen atoms in total. The summed E-state index contributed by atoms with van der Waals surface area (Å²) < 4.78 is 19.4. The highest BCUT2D eigenvalue weighted by molar-refractivity contribution is 5.87. The summed E-state index contributed by atoms with van der Waals surface area (Å²) in [5.41, 5.74) is 10.6. The van der Waals surface area contributed by atoms with E-state index < -0.39 is 17.9 Å². The number of amides is 1. The number of rotatable bonds is 10. The van der Waals surface area contributed by atoms with Crippen molar-refractivity contribution < 1.29 is 13.9 Å². The van der Waals surface area contributed by atoms with Crippen LogP contribution in [0.1, 0.15) is 56.6 Å². The van der Waals surface area contributed by atoms with Crippen LogP contribution in [0.3, 0.4) is 0 Å². The number of halogens is 1. The quantitative estimate of drug-likeness (QED) is 0.332. The lowest BCUT2D eigenvalue weighted by Crippen LogP contribution is -2.24. The molecular weight excluding hydrogens is 337 g/mol. The highest BCUT2D eigenvalue weighted by Crippen LogP contribution is 2.24. The Balaban J connectivity index is 2.65. The van der Waals surface area contributed by atoms with Gasteiger partial charge in [0.15, 0.2) is 11.8 Å². The molecule has 0 atom stereocenters. The Labute approximate surface area is 153 Å². The number of guanidine groups is 1. The molecule has 0 aliphatic heterocycles. The van der Waals surface area contributed by atoms with E-state index in [0.29, 0.717) is 6.54 Å². The second kappa shape index (κ2) is 11.7. The van der Waals surface area contributed by atoms with Crippen molar-refractivity contribution in [1.29, 1.82) is 5.26 Å². The molecule has 0 saturated heterocycles. The molecule has 0 bridgehead atoms. The van der Waals surface area contributed by atoms with Crippen molar-refractivity contribution in [2.24, 2.45) is 16.5 Å². The summed E-state index contributed by atoms with van der Waals surface area (Å²) >= 11 is 0. The van der Waals surface area contributed by atoms with Crippen molar-refractivity contribution in [3.8, 4) is 6.07 Å². The molecule has 0 spiro atoms. The predicted molar refractivity (Wildman–Crippen MR) is 99.0 cm³/mol. The molecule has 1 rings (SSSR count). The van der Waals surface area contributed by atoms with Gasteiger partial charge in [0.2, 0.25) is 0 Å². The van der Waals surface area contributed by atoms with Gasteiger partial charge in [0, 0.05) is 12.1 Å². The number of nitrogens with two attached hydrogens (primary N) is 2. The zero-order chi connectivity index (χ0) is 19.4. The lowest BCUT2D eigenvalue weighted by molar-refractivity contribution is 0.149. The predicted octanol–water partition coefficient (Wildman–Crippen LogP) is 3.38. The number of aliphatic imine (C=N–C) groups is 1. The van der Waals surface area contributed by atoms with E-state index in [2.05, 4.69) is 17.2 Å². The number of unbranched alkanes of at least 4 members (excludes halogenated alkanes) is 5. The number of hydrogen-bond acceptors (Lipinski definition) is 4. The molecule has 0 saturated carbocycles. The first-order valence-electron chi connectivity index (χ1n) is 8.71. The molecule has 0 heterocycles. The Morgan fingerprint density at radius 3 is 2.62 bits per heavy atom. The first kappa shape index (κ1) is 21.2. The van der Waals surface area contributed by atoms with Crippen LogP contribution in [-0.4, -0.2) is 18.6 Å². The van der Waals surface area contributed by atoms with E-state index in [-0.39, 0.29) is 23.4 Å². The number of hydrogen-bond donors (Lipinski definition) is 3. The van der Waals surface area contributed by atoms with E-state index in [0.717, 1.165) is 19.3 Å². The van der Waals surface area contributed by atoms with Crippen molar-refractivity contribution in [1.82, 2.24) is 0 Å². The molecular formula is C18H26FN5O2. The van der Waals surface area contributed by atoms with Crippen LogP contribution in [0.25, 0.3) is 0 Å². The Kier molecular flexibility index (Phi) is 9.54. The summed E-state index contributed by atoms with van der Waals surface area (Å²) in [6.07, 6.45) is 5.69. The number of nitriles is 1. The molecule has 0 aromatic heterocycles. The van der Waals surface area contributed by atoms with Crippen LogP contribution in [0.2, 0.25) is 0 Å². The summed E-state index contributed by atoms with van der Waals surface area (Å²) in [7, 11) is 0. The largest absolute Gasteiger partial charge is 0.443 e. The van der Waals surface area contributed by atoms with E-state index in [1.54, 1.807) is 0 Å². The Morgan fingerprint density at radius 2 is 1.96 bits per heavy atom. The third kappa shape index (κ3) is 7.38. The number of carbonyl (C=O) groups is 1. The third-order valence-corrected chi connectivity index (χ3v) is 3.75. The van der Waals surface area contributed by atoms with E-state index in [9.17, 15) is 9.18 Å². The Hall–Kier alpha value is -2.82. The van der Waals surface area contributed by atoms with Crippen LogP contribution in [0.15, 0.2) is 17.1 Å². The van der Waals surface area contributed by atoms with Gasteiger partial charge in [-0.05, 0) is 12.5 Å². The fourth-order valence-corrected chi connectivity index (χ4v) is 2.39. The van der Waals surface area contributed by atoms with Gasteiger partial charge in [-0.15, -0.1) is 4.99 Å². The number of anilines is 1. The van der Waals surface area contributed by atoms with Gasteiger partial charge < -0.3 is 21.5 Å². The molecule has 1 aromatic carbocycles. The van der Waals surface area contributed by atoms with Crippen molar-refractivity contribution in [2.75, 3.05) is 11.9 Å². The summed E-state index contributed by atoms with van der Waals surface area (Å²) in [6, 6.07) is 4.84. The number of benzene rings is 1. The zero-order valence-electron chi connectivity index (χ0n) is 15.1. The molecule has 1 amide bonds. The van der Waals surface area contributed by atoms with E-state index >= 15 is 0 Å². The summed E-state index contributed by atoms with van der Waals surface area (Å²) in [4.78, 5) is 14.5. The van der Waals surface area contributed by atoms with Gasteiger partial charge in [-0.3, -0.25) is 0 Å². The van der Waals surface area contributed by atoms with Gasteiger partial charge in [0.25, 0.3) is 0 Å². The lowest BCUT2D eigenvalue weighted by atomic mass is 10.1. The SMILES string of the molecule is CCCCCCCCNc1c(C#N)ccc(COC(=O)N=C(N)N)c1F. The zero-order valence-corrected chi connectivity index (χ0v) is 15.1. The lowest BCUT2D eigenvalue weighted by Gasteiger charge is -2.12. The Morgan fingerprint density at radius 1 is 1.27 bits per heavy atom. The minimum absolute atomic E-state index is 0.122. The average Bonchev–Trinajstić information content (AvgIpc) is 2.60. The average molecular weight is 363 g/mol. The summed E-state index contributed by atoms with van der Waals surface area (Å²) in [5.74, 6) is -1.05. The van der Waals surface area contributed by atoms with Crippen molar-refractivity contribution in [3.05, 3.63) is 29.1 Å². The smallest absolute Gasteiger partial charge is 0.437 e. The van der Waals surface area contributed by atoms with Gasteiger partial charge >= 0.3 is 6.09 Å². The minimum Gasteiger partial charge on any atom is -0.443 e. The Bertz CT molecular complexity index is 666. The second-order valence-corrected chi connectivity index (χ2v) is 5.86. The third-order valence-electron chi connectivity index (χ3n) is 3.75. The highest BCUT2D eigenvalue weighted by Gasteiger charge is 2.14. The van der Waals surface area contributed by atoms with Crippen molar-refractivity contribution in [2.45, 2.75) is 52.1 Å². The monoisotopic (exact) mass is 363 g/mol. The summed E-state index contributed by atoms with van der Waals surface area (Å²) in [5, 5.41) is 12.1. The normalized spacial score (nSPS) is 10.0. The fourth-order valence-electron chi connectivity index (χ4n) is 2.39. The van der Waals surface area contributed by atoms with Gasteiger partial charge in [0.05, 0.1) is 11.3 Å². The number of ether oxygens (including phenoxy) is 1. The van der Waals surface area contributed by atoms with E-state index in [4.69, 9.17) is 21.5 Å². The maximum absolute atomic E-state index is 14.6. The molecule has 0 radical (unpaired) electrons. The molecule has 0 fully saturated rings. The molecule has 26 heavy (non-hydrogen) atoms. The van der Waals surface area contributed by atoms with Gasteiger partial charge in [-0.25, -0.2) is 9.18 Å². The minimum atomic E-state index is -1.00. The van der Waals surface area contributed by atoms with Crippen LogP contribution >= 0.6 is 0 Å². The maximum Gasteiger partial charge on any atom is 0.437 e.